The second-order valence-electron chi connectivity index (χ2n) is 8.13. The van der Waals surface area contributed by atoms with E-state index in [1.165, 1.54) is 12.3 Å². The summed E-state index contributed by atoms with van der Waals surface area (Å²) >= 11 is 0.930. The number of nitrogens with zero attached hydrogens (tertiary/aromatic N) is 3. The minimum atomic E-state index is -1.60. The Morgan fingerprint density at radius 2 is 1.97 bits per heavy atom. The SMILES string of the molecule is C=C1NC(=O)C2(Cc3cc(-c4cnns4)c(F)c(F)c3N3CC(C)OC(C)[C@H]32)C(=O)N1. The highest BCUT2D eigenvalue weighted by Crippen LogP contribution is 2.49. The molecule has 1 aromatic heterocycles. The molecule has 3 atom stereocenters. The number of morpholine rings is 1. The fourth-order valence-electron chi connectivity index (χ4n) is 5.07. The van der Waals surface area contributed by atoms with Crippen LogP contribution in [0, 0.1) is 17.0 Å². The first-order chi connectivity index (χ1) is 14.7. The van der Waals surface area contributed by atoms with Crippen molar-refractivity contribution in [3.8, 4) is 10.4 Å². The quantitative estimate of drug-likeness (QED) is 0.647. The molecule has 1 aromatic carbocycles. The average molecular weight is 447 g/mol. The van der Waals surface area contributed by atoms with E-state index in [1.54, 1.807) is 11.8 Å². The van der Waals surface area contributed by atoms with Gasteiger partial charge in [-0.3, -0.25) is 9.59 Å². The van der Waals surface area contributed by atoms with Gasteiger partial charge >= 0.3 is 0 Å². The summed E-state index contributed by atoms with van der Waals surface area (Å²) in [5.74, 6) is -3.05. The molecular formula is C20H19F2N5O3S. The molecule has 2 unspecified atom stereocenters. The van der Waals surface area contributed by atoms with Crippen LogP contribution >= 0.6 is 11.5 Å². The van der Waals surface area contributed by atoms with E-state index in [4.69, 9.17) is 4.74 Å². The van der Waals surface area contributed by atoms with Crippen molar-refractivity contribution in [2.45, 2.75) is 38.5 Å². The summed E-state index contributed by atoms with van der Waals surface area (Å²) in [5, 5.41) is 8.90. The van der Waals surface area contributed by atoms with Crippen LogP contribution in [0.25, 0.3) is 10.4 Å². The van der Waals surface area contributed by atoms with Crippen LogP contribution in [0.15, 0.2) is 24.7 Å². The van der Waals surface area contributed by atoms with Crippen molar-refractivity contribution in [3.05, 3.63) is 41.9 Å². The van der Waals surface area contributed by atoms with Gasteiger partial charge in [0.05, 0.1) is 35.0 Å². The Balaban J connectivity index is 1.76. The fourth-order valence-corrected chi connectivity index (χ4v) is 5.59. The monoisotopic (exact) mass is 447 g/mol. The van der Waals surface area contributed by atoms with Crippen molar-refractivity contribution in [1.82, 2.24) is 20.2 Å². The molecule has 2 N–H and O–H groups in total. The number of aromatic nitrogens is 2. The number of hydrogen-bond donors (Lipinski definition) is 2. The number of fused-ring (bicyclic) bond motifs is 4. The normalized spacial score (nSPS) is 26.9. The second-order valence-corrected chi connectivity index (χ2v) is 8.91. The zero-order chi connectivity index (χ0) is 22.1. The molecule has 4 heterocycles. The van der Waals surface area contributed by atoms with Crippen molar-refractivity contribution in [2.75, 3.05) is 11.4 Å². The summed E-state index contributed by atoms with van der Waals surface area (Å²) in [6.07, 6.45) is 0.325. The molecule has 2 amide bonds. The van der Waals surface area contributed by atoms with E-state index in [0.717, 1.165) is 11.5 Å². The average Bonchev–Trinajstić information content (AvgIpc) is 3.22. The summed E-state index contributed by atoms with van der Waals surface area (Å²) in [7, 11) is 0. The van der Waals surface area contributed by atoms with Gasteiger partial charge in [0.25, 0.3) is 0 Å². The molecule has 2 saturated heterocycles. The van der Waals surface area contributed by atoms with Crippen LogP contribution in [0.3, 0.4) is 0 Å². The van der Waals surface area contributed by atoms with Crippen molar-refractivity contribution in [1.29, 1.82) is 0 Å². The van der Waals surface area contributed by atoms with Crippen LogP contribution in [0.2, 0.25) is 0 Å². The van der Waals surface area contributed by atoms with Crippen LogP contribution in [-0.2, 0) is 20.7 Å². The predicted molar refractivity (Wildman–Crippen MR) is 108 cm³/mol. The lowest BCUT2D eigenvalue weighted by Gasteiger charge is -2.55. The fraction of sp³-hybridized carbons (Fsp3) is 0.400. The summed E-state index contributed by atoms with van der Waals surface area (Å²) in [5.41, 5.74) is -1.18. The molecule has 3 aliphatic rings. The molecule has 162 valence electrons. The third kappa shape index (κ3) is 2.72. The Hall–Kier alpha value is -2.92. The molecule has 11 heteroatoms. The van der Waals surface area contributed by atoms with Gasteiger partial charge in [0.15, 0.2) is 17.0 Å². The van der Waals surface area contributed by atoms with Gasteiger partial charge in [-0.2, -0.15) is 0 Å². The Morgan fingerprint density at radius 1 is 1.26 bits per heavy atom. The summed E-state index contributed by atoms with van der Waals surface area (Å²) in [6.45, 7) is 7.35. The highest BCUT2D eigenvalue weighted by Gasteiger charge is 2.62. The van der Waals surface area contributed by atoms with E-state index in [0.29, 0.717) is 10.4 Å². The first-order valence-electron chi connectivity index (χ1n) is 9.76. The van der Waals surface area contributed by atoms with Gasteiger partial charge in [-0.25, -0.2) is 8.78 Å². The zero-order valence-electron chi connectivity index (χ0n) is 16.7. The Bertz CT molecular complexity index is 1100. The first kappa shape index (κ1) is 20.0. The molecule has 8 nitrogen and oxygen atoms in total. The highest BCUT2D eigenvalue weighted by molar-refractivity contribution is 7.09. The Labute approximate surface area is 180 Å². The van der Waals surface area contributed by atoms with Gasteiger partial charge < -0.3 is 20.3 Å². The number of carbonyl (C=O) groups is 2. The molecular weight excluding hydrogens is 428 g/mol. The lowest BCUT2D eigenvalue weighted by molar-refractivity contribution is -0.154. The minimum Gasteiger partial charge on any atom is -0.372 e. The van der Waals surface area contributed by atoms with Gasteiger partial charge in [0.1, 0.15) is 5.82 Å². The highest BCUT2D eigenvalue weighted by atomic mass is 32.1. The number of amides is 2. The predicted octanol–water partition coefficient (Wildman–Crippen LogP) is 1.73. The number of anilines is 1. The maximum Gasteiger partial charge on any atom is 0.243 e. The molecule has 0 aliphatic carbocycles. The Kier molecular flexibility index (Phi) is 4.38. The van der Waals surface area contributed by atoms with Crippen LogP contribution in [0.4, 0.5) is 14.5 Å². The molecule has 2 aromatic rings. The van der Waals surface area contributed by atoms with E-state index in [2.05, 4.69) is 26.8 Å². The summed E-state index contributed by atoms with van der Waals surface area (Å²) in [4.78, 5) is 28.5. The smallest absolute Gasteiger partial charge is 0.243 e. The van der Waals surface area contributed by atoms with Crippen LogP contribution in [-0.4, -0.2) is 46.2 Å². The number of ether oxygens (including phenoxy) is 1. The second kappa shape index (κ2) is 6.79. The van der Waals surface area contributed by atoms with E-state index >= 15 is 8.78 Å². The van der Waals surface area contributed by atoms with Gasteiger partial charge in [0.2, 0.25) is 11.8 Å². The number of nitrogens with one attached hydrogen (secondary N) is 2. The van der Waals surface area contributed by atoms with Gasteiger partial charge in [-0.05, 0) is 37.0 Å². The van der Waals surface area contributed by atoms with Crippen molar-refractivity contribution in [2.24, 2.45) is 5.41 Å². The first-order valence-corrected chi connectivity index (χ1v) is 10.5. The van der Waals surface area contributed by atoms with Gasteiger partial charge in [-0.1, -0.05) is 11.1 Å². The van der Waals surface area contributed by atoms with E-state index in [-0.39, 0.29) is 36.1 Å². The van der Waals surface area contributed by atoms with Crippen molar-refractivity contribution < 1.29 is 23.1 Å². The molecule has 0 bridgehead atoms. The largest absolute Gasteiger partial charge is 0.372 e. The molecule has 2 fully saturated rings. The maximum absolute atomic E-state index is 15.5. The van der Waals surface area contributed by atoms with Crippen LogP contribution < -0.4 is 15.5 Å². The van der Waals surface area contributed by atoms with Gasteiger partial charge in [-0.15, -0.1) is 5.10 Å². The summed E-state index contributed by atoms with van der Waals surface area (Å²) in [6, 6.07) is 0.657. The number of halogens is 2. The molecule has 0 saturated carbocycles. The molecule has 3 aliphatic heterocycles. The standard InChI is InChI=1S/C20H19F2N5O3S/c1-8-7-27-16-11(4-12(14(21)15(16)22)13-6-23-26-31-13)5-20(17(27)9(2)30-8)18(28)24-10(3)25-19(20)29/h4,6,8-9,17H,3,5,7H2,1-2H3,(H,24,28)(H,25,29)/t8?,9?,17-/m0/s1. The number of carbonyl (C=O) groups excluding carboxylic acids is 2. The lowest BCUT2D eigenvalue weighted by atomic mass is 9.66. The molecule has 0 radical (unpaired) electrons. The van der Waals surface area contributed by atoms with Crippen molar-refractivity contribution >= 4 is 29.0 Å². The topological polar surface area (TPSA) is 96.5 Å². The van der Waals surface area contributed by atoms with Crippen LogP contribution in [0.5, 0.6) is 0 Å². The number of hydrogen-bond acceptors (Lipinski definition) is 7. The molecule has 1 spiro atoms. The lowest BCUT2D eigenvalue weighted by Crippen LogP contribution is -2.74. The third-order valence-electron chi connectivity index (χ3n) is 6.17. The molecule has 31 heavy (non-hydrogen) atoms. The zero-order valence-corrected chi connectivity index (χ0v) is 17.6. The van der Waals surface area contributed by atoms with E-state index in [1.807, 2.05) is 6.92 Å². The third-order valence-corrected chi connectivity index (χ3v) is 6.87. The molecule has 5 rings (SSSR count). The van der Waals surface area contributed by atoms with Crippen molar-refractivity contribution in [3.63, 3.8) is 0 Å². The maximum atomic E-state index is 15.5. The van der Waals surface area contributed by atoms with E-state index < -0.39 is 41.0 Å². The van der Waals surface area contributed by atoms with Gasteiger partial charge in [0, 0.05) is 18.5 Å². The minimum absolute atomic E-state index is 0.00441. The number of rotatable bonds is 1. The Morgan fingerprint density at radius 3 is 2.61 bits per heavy atom. The summed E-state index contributed by atoms with van der Waals surface area (Å²) < 4.78 is 40.2. The number of benzene rings is 1. The van der Waals surface area contributed by atoms with Crippen LogP contribution in [0.1, 0.15) is 19.4 Å². The van der Waals surface area contributed by atoms with E-state index in [9.17, 15) is 9.59 Å².